The lowest BCUT2D eigenvalue weighted by molar-refractivity contribution is -0.142. The minimum absolute atomic E-state index is 0.0636. The maximum absolute atomic E-state index is 13.4. The second-order valence-corrected chi connectivity index (χ2v) is 8.08. The largest absolute Gasteiger partial charge is 0.355 e. The zero-order valence-electron chi connectivity index (χ0n) is 16.8. The first-order chi connectivity index (χ1) is 14.1. The number of likely N-dealkylation sites (tertiary alicyclic amines) is 2. The Morgan fingerprint density at radius 3 is 2.97 bits per heavy atom. The van der Waals surface area contributed by atoms with Crippen LogP contribution in [0.25, 0.3) is 0 Å². The number of aromatic amines is 1. The van der Waals surface area contributed by atoms with Crippen molar-refractivity contribution in [2.75, 3.05) is 33.2 Å². The Morgan fingerprint density at radius 2 is 2.21 bits per heavy atom. The van der Waals surface area contributed by atoms with Gasteiger partial charge in [-0.05, 0) is 45.0 Å². The lowest BCUT2D eigenvalue weighted by Gasteiger charge is -2.53. The summed E-state index contributed by atoms with van der Waals surface area (Å²) < 4.78 is 0. The monoisotopic (exact) mass is 396 g/mol. The van der Waals surface area contributed by atoms with Crippen LogP contribution in [-0.4, -0.2) is 75.8 Å². The number of fused-ring (bicyclic) bond motifs is 1. The van der Waals surface area contributed by atoms with E-state index in [0.717, 1.165) is 31.5 Å². The van der Waals surface area contributed by atoms with Gasteiger partial charge in [-0.3, -0.25) is 14.6 Å². The Hall–Kier alpha value is -2.74. The fourth-order valence-corrected chi connectivity index (χ4v) is 4.70. The number of amides is 2. The van der Waals surface area contributed by atoms with Crippen molar-refractivity contribution in [1.29, 1.82) is 0 Å². The van der Waals surface area contributed by atoms with Crippen LogP contribution in [0.15, 0.2) is 36.9 Å². The summed E-state index contributed by atoms with van der Waals surface area (Å²) in [7, 11) is 2.05. The average Bonchev–Trinajstić information content (AvgIpc) is 3.28. The Bertz CT molecular complexity index is 840. The van der Waals surface area contributed by atoms with Gasteiger partial charge in [-0.2, -0.15) is 0 Å². The van der Waals surface area contributed by atoms with Gasteiger partial charge in [0.15, 0.2) is 0 Å². The van der Waals surface area contributed by atoms with Crippen LogP contribution in [0.1, 0.15) is 35.4 Å². The number of hydrogen-bond acceptors (Lipinski definition) is 5. The van der Waals surface area contributed by atoms with Crippen LogP contribution in [0.3, 0.4) is 0 Å². The molecule has 2 aromatic rings. The van der Waals surface area contributed by atoms with Crippen LogP contribution in [0.4, 0.5) is 0 Å². The lowest BCUT2D eigenvalue weighted by Crippen LogP contribution is -2.66. The van der Waals surface area contributed by atoms with Crippen LogP contribution in [-0.2, 0) is 11.2 Å². The van der Waals surface area contributed by atoms with E-state index in [-0.39, 0.29) is 17.9 Å². The summed E-state index contributed by atoms with van der Waals surface area (Å²) in [4.78, 5) is 41.8. The summed E-state index contributed by atoms with van der Waals surface area (Å²) in [6.45, 7) is 2.78. The van der Waals surface area contributed by atoms with E-state index in [1.54, 1.807) is 12.4 Å². The normalized spacial score (nSPS) is 24.7. The summed E-state index contributed by atoms with van der Waals surface area (Å²) >= 11 is 0. The van der Waals surface area contributed by atoms with E-state index in [0.29, 0.717) is 31.7 Å². The van der Waals surface area contributed by atoms with E-state index in [2.05, 4.69) is 32.2 Å². The number of aromatic nitrogens is 3. The number of imidazole rings is 1. The van der Waals surface area contributed by atoms with E-state index < -0.39 is 5.41 Å². The van der Waals surface area contributed by atoms with Gasteiger partial charge < -0.3 is 20.1 Å². The van der Waals surface area contributed by atoms with E-state index in [1.165, 1.54) is 6.33 Å². The molecule has 0 aromatic carbocycles. The molecule has 8 nitrogen and oxygen atoms in total. The molecular formula is C21H28N6O2. The molecule has 2 aromatic heterocycles. The van der Waals surface area contributed by atoms with Gasteiger partial charge in [-0.1, -0.05) is 6.07 Å². The third-order valence-corrected chi connectivity index (χ3v) is 6.29. The first-order valence-corrected chi connectivity index (χ1v) is 10.3. The van der Waals surface area contributed by atoms with Gasteiger partial charge in [0.1, 0.15) is 5.69 Å². The molecule has 0 spiro atoms. The first kappa shape index (κ1) is 19.6. The summed E-state index contributed by atoms with van der Waals surface area (Å²) in [6.07, 6.45) is 7.94. The van der Waals surface area contributed by atoms with Gasteiger partial charge >= 0.3 is 0 Å². The topological polar surface area (TPSA) is 94.2 Å². The minimum atomic E-state index is -0.537. The van der Waals surface area contributed by atoms with E-state index in [1.807, 2.05) is 23.1 Å². The van der Waals surface area contributed by atoms with E-state index in [4.69, 9.17) is 0 Å². The smallest absolute Gasteiger partial charge is 0.272 e. The number of carbonyl (C=O) groups is 2. The second-order valence-electron chi connectivity index (χ2n) is 8.08. The molecule has 8 heteroatoms. The number of rotatable bonds is 5. The highest BCUT2D eigenvalue weighted by molar-refractivity contribution is 5.93. The van der Waals surface area contributed by atoms with Gasteiger partial charge in [0.05, 0.1) is 24.0 Å². The fourth-order valence-electron chi connectivity index (χ4n) is 4.70. The fraction of sp³-hybridized carbons (Fsp3) is 0.524. The predicted octanol–water partition coefficient (Wildman–Crippen LogP) is 1.09. The highest BCUT2D eigenvalue weighted by Crippen LogP contribution is 2.43. The van der Waals surface area contributed by atoms with Crippen LogP contribution in [0, 0.1) is 5.41 Å². The van der Waals surface area contributed by atoms with Crippen molar-refractivity contribution >= 4 is 11.8 Å². The molecule has 0 unspecified atom stereocenters. The molecule has 0 aliphatic carbocycles. The molecular weight excluding hydrogens is 368 g/mol. The highest BCUT2D eigenvalue weighted by atomic mass is 16.2. The third-order valence-electron chi connectivity index (χ3n) is 6.29. The molecule has 2 amide bonds. The van der Waals surface area contributed by atoms with E-state index >= 15 is 0 Å². The summed E-state index contributed by atoms with van der Waals surface area (Å²) in [5.41, 5.74) is 0.902. The Morgan fingerprint density at radius 1 is 1.31 bits per heavy atom. The Balaban J connectivity index is 1.50. The average molecular weight is 396 g/mol. The number of likely N-dealkylation sites (N-methyl/N-ethyl adjacent to an activating group) is 1. The zero-order chi connectivity index (χ0) is 20.3. The SMILES string of the molecule is CN1CC[C@]2(C(=O)NCCc3ccccn3)CCCN(C(=O)c3cnc[nH]3)[C@H]2C1. The van der Waals surface area contributed by atoms with Crippen LogP contribution < -0.4 is 5.32 Å². The van der Waals surface area contributed by atoms with Crippen molar-refractivity contribution in [3.05, 3.63) is 48.3 Å². The van der Waals surface area contributed by atoms with Crippen LogP contribution in [0.2, 0.25) is 0 Å². The van der Waals surface area contributed by atoms with Gasteiger partial charge in [-0.15, -0.1) is 0 Å². The maximum atomic E-state index is 13.4. The van der Waals surface area contributed by atoms with Crippen molar-refractivity contribution in [3.8, 4) is 0 Å². The van der Waals surface area contributed by atoms with Crippen molar-refractivity contribution in [3.63, 3.8) is 0 Å². The molecule has 0 saturated carbocycles. The number of nitrogens with zero attached hydrogens (tertiary/aromatic N) is 4. The van der Waals surface area contributed by atoms with Gasteiger partial charge in [0, 0.05) is 37.9 Å². The highest BCUT2D eigenvalue weighted by Gasteiger charge is 2.53. The summed E-state index contributed by atoms with van der Waals surface area (Å²) in [6, 6.07) is 5.67. The van der Waals surface area contributed by atoms with Crippen molar-refractivity contribution < 1.29 is 9.59 Å². The molecule has 0 bridgehead atoms. The molecule has 2 aliphatic heterocycles. The molecule has 2 atom stereocenters. The Kier molecular flexibility index (Phi) is 5.62. The number of carbonyl (C=O) groups excluding carboxylic acids is 2. The molecule has 4 heterocycles. The third kappa shape index (κ3) is 3.89. The number of piperidine rings is 2. The first-order valence-electron chi connectivity index (χ1n) is 10.3. The van der Waals surface area contributed by atoms with Gasteiger partial charge in [0.2, 0.25) is 5.91 Å². The van der Waals surface area contributed by atoms with Crippen LogP contribution in [0.5, 0.6) is 0 Å². The van der Waals surface area contributed by atoms with Crippen molar-refractivity contribution in [2.24, 2.45) is 5.41 Å². The second kappa shape index (κ2) is 8.32. The van der Waals surface area contributed by atoms with E-state index in [9.17, 15) is 9.59 Å². The molecule has 29 heavy (non-hydrogen) atoms. The quantitative estimate of drug-likeness (QED) is 0.789. The summed E-state index contributed by atoms with van der Waals surface area (Å²) in [5, 5.41) is 3.14. The molecule has 2 fully saturated rings. The lowest BCUT2D eigenvalue weighted by atomic mass is 9.67. The van der Waals surface area contributed by atoms with Crippen molar-refractivity contribution in [1.82, 2.24) is 30.1 Å². The Labute approximate surface area is 170 Å². The zero-order valence-corrected chi connectivity index (χ0v) is 16.8. The van der Waals surface area contributed by atoms with Crippen molar-refractivity contribution in [2.45, 2.75) is 31.7 Å². The molecule has 0 radical (unpaired) electrons. The predicted molar refractivity (Wildman–Crippen MR) is 108 cm³/mol. The minimum Gasteiger partial charge on any atom is -0.355 e. The van der Waals surface area contributed by atoms with Gasteiger partial charge in [-0.25, -0.2) is 4.98 Å². The molecule has 2 aliphatic rings. The maximum Gasteiger partial charge on any atom is 0.272 e. The van der Waals surface area contributed by atoms with Gasteiger partial charge in [0.25, 0.3) is 5.91 Å². The standard InChI is InChI=1S/C21H28N6O2/c1-26-12-8-21(20(29)24-10-6-16-5-2-3-9-23-16)7-4-11-27(18(21)14-26)19(28)17-13-22-15-25-17/h2-3,5,9,13,15,18H,4,6-8,10-12,14H2,1H3,(H,22,25)(H,24,29)/t18-,21+/m0/s1. The number of hydrogen-bond donors (Lipinski definition) is 2. The van der Waals surface area contributed by atoms with Crippen LogP contribution >= 0.6 is 0 Å². The number of pyridine rings is 1. The number of nitrogens with one attached hydrogen (secondary N) is 2. The molecule has 4 rings (SSSR count). The molecule has 2 N–H and O–H groups in total. The summed E-state index contributed by atoms with van der Waals surface area (Å²) in [5.74, 6) is -0.0122. The molecule has 154 valence electrons. The number of H-pyrrole nitrogens is 1. The molecule has 2 saturated heterocycles.